The molecule has 37 heavy (non-hydrogen) atoms. The highest BCUT2D eigenvalue weighted by atomic mass is 127. The Hall–Kier alpha value is -4.00. The molecule has 0 saturated carbocycles. The summed E-state index contributed by atoms with van der Waals surface area (Å²) in [6, 6.07) is 16.2. The van der Waals surface area contributed by atoms with Crippen LogP contribution in [0, 0.1) is 16.3 Å². The number of halogens is 2. The molecule has 0 saturated heterocycles. The molecule has 3 aromatic rings. The van der Waals surface area contributed by atoms with Gasteiger partial charge in [0.1, 0.15) is 5.82 Å². The van der Waals surface area contributed by atoms with Crippen LogP contribution in [0.4, 0.5) is 15.8 Å². The number of ether oxygens (including phenoxy) is 2. The number of carbonyl (C=O) groups is 3. The van der Waals surface area contributed by atoms with Gasteiger partial charge in [-0.1, -0.05) is 29.8 Å². The zero-order valence-corrected chi connectivity index (χ0v) is 22.2. The van der Waals surface area contributed by atoms with E-state index in [0.717, 1.165) is 11.6 Å². The first-order valence-corrected chi connectivity index (χ1v) is 12.2. The maximum absolute atomic E-state index is 13.6. The summed E-state index contributed by atoms with van der Waals surface area (Å²) in [5, 5.41) is 8.72. The van der Waals surface area contributed by atoms with Crippen molar-refractivity contribution < 1.29 is 28.2 Å². The van der Waals surface area contributed by atoms with E-state index in [2.05, 4.69) is 21.2 Å². The lowest BCUT2D eigenvalue weighted by Crippen LogP contribution is -2.32. The lowest BCUT2D eigenvalue weighted by molar-refractivity contribution is -0.136. The van der Waals surface area contributed by atoms with E-state index in [1.54, 1.807) is 31.2 Å². The minimum atomic E-state index is -1.07. The lowest BCUT2D eigenvalue weighted by atomic mass is 10.2. The number of benzene rings is 3. The van der Waals surface area contributed by atoms with Gasteiger partial charge < -0.3 is 20.1 Å². The smallest absolute Gasteiger partial charge is 0.329 e. The molecule has 0 fully saturated rings. The predicted molar refractivity (Wildman–Crippen MR) is 146 cm³/mol. The highest BCUT2D eigenvalue weighted by Crippen LogP contribution is 2.34. The standard InChI is InChI=1S/C26H24FIN4O5/c1-3-36-22-13-17(14-29-32-26(35)25(34)31-21-7-5-4-6-19(21)27)12-20(28)24(22)37-15-23(33)30-18-10-8-16(2)9-11-18/h4-14H,3,15H2,1-2H3,(H,30,33)(H,31,34)(H,32,35)/b29-14-. The molecule has 192 valence electrons. The minimum Gasteiger partial charge on any atom is -0.490 e. The maximum atomic E-state index is 13.6. The van der Waals surface area contributed by atoms with Gasteiger partial charge in [0.15, 0.2) is 18.1 Å². The zero-order chi connectivity index (χ0) is 26.8. The number of amides is 3. The predicted octanol–water partition coefficient (Wildman–Crippen LogP) is 4.24. The van der Waals surface area contributed by atoms with Gasteiger partial charge in [-0.2, -0.15) is 5.10 Å². The van der Waals surface area contributed by atoms with Crippen molar-refractivity contribution in [2.45, 2.75) is 13.8 Å². The molecule has 0 aromatic heterocycles. The largest absolute Gasteiger partial charge is 0.490 e. The topological polar surface area (TPSA) is 118 Å². The van der Waals surface area contributed by atoms with Gasteiger partial charge in [0.25, 0.3) is 5.91 Å². The summed E-state index contributed by atoms with van der Waals surface area (Å²) in [5.41, 5.74) is 4.26. The number of para-hydroxylation sites is 1. The fourth-order valence-corrected chi connectivity index (χ4v) is 3.78. The molecule has 0 aliphatic carbocycles. The summed E-state index contributed by atoms with van der Waals surface area (Å²) in [5.74, 6) is -2.38. The van der Waals surface area contributed by atoms with Crippen LogP contribution in [0.15, 0.2) is 65.8 Å². The number of hydrogen-bond acceptors (Lipinski definition) is 6. The van der Waals surface area contributed by atoms with Gasteiger partial charge in [-0.05, 0) is 78.4 Å². The van der Waals surface area contributed by atoms with Gasteiger partial charge in [0, 0.05) is 5.69 Å². The first-order valence-electron chi connectivity index (χ1n) is 11.1. The van der Waals surface area contributed by atoms with E-state index in [0.29, 0.717) is 32.9 Å². The Morgan fingerprint density at radius 1 is 1.00 bits per heavy atom. The molecule has 9 nitrogen and oxygen atoms in total. The number of aryl methyl sites for hydroxylation is 1. The van der Waals surface area contributed by atoms with Crippen LogP contribution < -0.4 is 25.5 Å². The molecule has 3 N–H and O–H groups in total. The quantitative estimate of drug-likeness (QED) is 0.144. The summed E-state index contributed by atoms with van der Waals surface area (Å²) < 4.78 is 25.7. The second-order valence-corrected chi connectivity index (χ2v) is 8.76. The summed E-state index contributed by atoms with van der Waals surface area (Å²) in [4.78, 5) is 36.3. The molecule has 3 aromatic carbocycles. The molecule has 3 rings (SSSR count). The molecule has 0 bridgehead atoms. The van der Waals surface area contributed by atoms with Crippen molar-refractivity contribution in [1.29, 1.82) is 0 Å². The average molecular weight is 618 g/mol. The monoisotopic (exact) mass is 618 g/mol. The molecule has 0 spiro atoms. The normalized spacial score (nSPS) is 10.6. The number of nitrogens with zero attached hydrogens (tertiary/aromatic N) is 1. The lowest BCUT2D eigenvalue weighted by Gasteiger charge is -2.14. The summed E-state index contributed by atoms with van der Waals surface area (Å²) >= 11 is 2.03. The molecule has 0 radical (unpaired) electrons. The number of rotatable bonds is 9. The SMILES string of the molecule is CCOc1cc(/C=N\NC(=O)C(=O)Nc2ccccc2F)cc(I)c1OCC(=O)Nc1ccc(C)cc1. The van der Waals surface area contributed by atoms with Crippen LogP contribution in [0.3, 0.4) is 0 Å². The summed E-state index contributed by atoms with van der Waals surface area (Å²) in [6.07, 6.45) is 1.31. The third-order valence-electron chi connectivity index (χ3n) is 4.72. The molecule has 0 atom stereocenters. The fourth-order valence-electron chi connectivity index (χ4n) is 3.00. The number of anilines is 2. The Kier molecular flexibility index (Phi) is 9.95. The first kappa shape index (κ1) is 27.6. The number of hydrazone groups is 1. The Bertz CT molecular complexity index is 1310. The van der Waals surface area contributed by atoms with Crippen LogP contribution >= 0.6 is 22.6 Å². The minimum absolute atomic E-state index is 0.120. The second kappa shape index (κ2) is 13.3. The van der Waals surface area contributed by atoms with Crippen molar-refractivity contribution in [1.82, 2.24) is 5.43 Å². The van der Waals surface area contributed by atoms with Gasteiger partial charge in [0.2, 0.25) is 0 Å². The van der Waals surface area contributed by atoms with Crippen LogP contribution in [0.1, 0.15) is 18.1 Å². The van der Waals surface area contributed by atoms with Crippen LogP contribution in [-0.4, -0.2) is 37.1 Å². The van der Waals surface area contributed by atoms with Crippen LogP contribution in [0.25, 0.3) is 0 Å². The van der Waals surface area contributed by atoms with Gasteiger partial charge in [0.05, 0.1) is 22.1 Å². The summed E-state index contributed by atoms with van der Waals surface area (Å²) in [7, 11) is 0. The Morgan fingerprint density at radius 3 is 2.43 bits per heavy atom. The van der Waals surface area contributed by atoms with Crippen LogP contribution in [0.2, 0.25) is 0 Å². The Balaban J connectivity index is 1.61. The van der Waals surface area contributed by atoms with Crippen LogP contribution in [0.5, 0.6) is 11.5 Å². The third kappa shape index (κ3) is 8.27. The molecule has 11 heteroatoms. The van der Waals surface area contributed by atoms with Gasteiger partial charge in [-0.15, -0.1) is 0 Å². The third-order valence-corrected chi connectivity index (χ3v) is 5.52. The van der Waals surface area contributed by atoms with E-state index in [1.165, 1.54) is 24.4 Å². The first-order chi connectivity index (χ1) is 17.8. The molecule has 0 unspecified atom stereocenters. The van der Waals surface area contributed by atoms with Crippen LogP contribution in [-0.2, 0) is 14.4 Å². The van der Waals surface area contributed by atoms with Crippen molar-refractivity contribution in [2.75, 3.05) is 23.8 Å². The van der Waals surface area contributed by atoms with E-state index >= 15 is 0 Å². The van der Waals surface area contributed by atoms with Gasteiger partial charge >= 0.3 is 11.8 Å². The van der Waals surface area contributed by atoms with E-state index in [1.807, 2.05) is 41.6 Å². The molecule has 3 amide bonds. The van der Waals surface area contributed by atoms with E-state index in [4.69, 9.17) is 9.47 Å². The molecule has 0 aliphatic heterocycles. The van der Waals surface area contributed by atoms with Crippen molar-refractivity contribution in [3.05, 3.63) is 81.2 Å². The van der Waals surface area contributed by atoms with E-state index in [-0.39, 0.29) is 18.2 Å². The molecular formula is C26H24FIN4O5. The zero-order valence-electron chi connectivity index (χ0n) is 20.0. The molecule has 0 heterocycles. The van der Waals surface area contributed by atoms with Crippen molar-refractivity contribution in [2.24, 2.45) is 5.10 Å². The van der Waals surface area contributed by atoms with Gasteiger partial charge in [-0.25, -0.2) is 9.82 Å². The summed E-state index contributed by atoms with van der Waals surface area (Å²) in [6.45, 7) is 3.87. The van der Waals surface area contributed by atoms with Crippen molar-refractivity contribution in [3.63, 3.8) is 0 Å². The number of nitrogens with one attached hydrogen (secondary N) is 3. The molecule has 0 aliphatic rings. The van der Waals surface area contributed by atoms with Crippen molar-refractivity contribution in [3.8, 4) is 11.5 Å². The second-order valence-electron chi connectivity index (χ2n) is 7.60. The fraction of sp³-hybridized carbons (Fsp3) is 0.154. The van der Waals surface area contributed by atoms with E-state index in [9.17, 15) is 18.8 Å². The van der Waals surface area contributed by atoms with Crippen molar-refractivity contribution >= 4 is 57.9 Å². The highest BCUT2D eigenvalue weighted by molar-refractivity contribution is 14.1. The number of carbonyl (C=O) groups excluding carboxylic acids is 3. The Morgan fingerprint density at radius 2 is 1.73 bits per heavy atom. The highest BCUT2D eigenvalue weighted by Gasteiger charge is 2.16. The maximum Gasteiger partial charge on any atom is 0.329 e. The average Bonchev–Trinajstić information content (AvgIpc) is 2.86. The number of hydrogen-bond donors (Lipinski definition) is 3. The van der Waals surface area contributed by atoms with Gasteiger partial charge in [-0.3, -0.25) is 14.4 Å². The molecular weight excluding hydrogens is 594 g/mol. The Labute approximate surface area is 226 Å². The van der Waals surface area contributed by atoms with E-state index < -0.39 is 17.6 Å².